The van der Waals surface area contributed by atoms with E-state index in [1.165, 1.54) is 5.57 Å². The van der Waals surface area contributed by atoms with Crippen molar-refractivity contribution < 1.29 is 24.2 Å². The van der Waals surface area contributed by atoms with Crippen LogP contribution in [0.5, 0.6) is 0 Å². The van der Waals surface area contributed by atoms with Gasteiger partial charge >= 0.3 is 6.09 Å². The molecule has 0 radical (unpaired) electrons. The fraction of sp³-hybridized carbons (Fsp3) is 0.865. The Bertz CT molecular complexity index is 1200. The van der Waals surface area contributed by atoms with Crippen molar-refractivity contribution in [1.82, 2.24) is 10.6 Å². The van der Waals surface area contributed by atoms with Gasteiger partial charge in [-0.05, 0) is 130 Å². The van der Waals surface area contributed by atoms with Gasteiger partial charge in [-0.15, -0.1) is 0 Å². The first-order valence-electron chi connectivity index (χ1n) is 17.5. The van der Waals surface area contributed by atoms with E-state index < -0.39 is 17.1 Å². The molecule has 44 heavy (non-hydrogen) atoms. The number of nitrogens with one attached hydrogen (secondary N) is 2. The lowest BCUT2D eigenvalue weighted by Crippen LogP contribution is -2.64. The second-order valence-electron chi connectivity index (χ2n) is 18.1. The molecule has 5 aliphatic carbocycles. The highest BCUT2D eigenvalue weighted by molar-refractivity contribution is 5.95. The summed E-state index contributed by atoms with van der Waals surface area (Å²) in [6, 6.07) is 0. The van der Waals surface area contributed by atoms with Crippen LogP contribution in [0.1, 0.15) is 127 Å². The topological polar surface area (TPSA) is 105 Å². The van der Waals surface area contributed by atoms with Crippen molar-refractivity contribution in [1.29, 1.82) is 0 Å². The minimum Gasteiger partial charge on any atom is -0.444 e. The molecule has 0 aromatic carbocycles. The number of allylic oxidation sites excluding steroid dienone is 2. The van der Waals surface area contributed by atoms with Crippen LogP contribution in [0.4, 0.5) is 4.79 Å². The summed E-state index contributed by atoms with van der Waals surface area (Å²) in [4.78, 5) is 40.0. The molecular formula is C37H60N2O5. The zero-order valence-electron chi connectivity index (χ0n) is 29.0. The summed E-state index contributed by atoms with van der Waals surface area (Å²) < 4.78 is 5.30. The minimum atomic E-state index is -0.537. The Kier molecular flexibility index (Phi) is 8.46. The van der Waals surface area contributed by atoms with Crippen LogP contribution in [0.15, 0.2) is 11.6 Å². The van der Waals surface area contributed by atoms with Gasteiger partial charge < -0.3 is 20.5 Å². The average Bonchev–Trinajstić information content (AvgIpc) is 2.90. The molecule has 4 fully saturated rings. The summed E-state index contributed by atoms with van der Waals surface area (Å²) in [6.07, 6.45) is 10.6. The van der Waals surface area contributed by atoms with E-state index in [2.05, 4.69) is 58.3 Å². The van der Waals surface area contributed by atoms with Crippen molar-refractivity contribution in [2.45, 2.75) is 138 Å². The molecule has 2 amide bonds. The first-order chi connectivity index (χ1) is 20.3. The van der Waals surface area contributed by atoms with Gasteiger partial charge in [-0.3, -0.25) is 9.59 Å². The Morgan fingerprint density at radius 1 is 0.886 bits per heavy atom. The number of rotatable bonds is 5. The quantitative estimate of drug-likeness (QED) is 0.291. The van der Waals surface area contributed by atoms with Crippen LogP contribution in [0.2, 0.25) is 0 Å². The number of amides is 2. The number of aliphatic hydroxyl groups is 1. The number of ketones is 1. The second kappa shape index (κ2) is 11.1. The second-order valence-corrected chi connectivity index (χ2v) is 18.1. The number of hydrogen-bond donors (Lipinski definition) is 3. The van der Waals surface area contributed by atoms with Crippen molar-refractivity contribution in [3.8, 4) is 0 Å². The zero-order valence-corrected chi connectivity index (χ0v) is 29.0. The third kappa shape index (κ3) is 5.55. The first kappa shape index (κ1) is 33.5. The van der Waals surface area contributed by atoms with Crippen molar-refractivity contribution in [3.05, 3.63) is 11.6 Å². The SMILES string of the molecule is CC(C)(C)OC(=O)NCCCNC(=O)[C@@]1(C)CC[C@]2(C)CCC3C(=CC(=O)[C@@H]4[C@@]5(C)CCC(O)C(C)(C)[C@@H]5CC[C@@]34C)[C@@H]2C1. The van der Waals surface area contributed by atoms with E-state index in [9.17, 15) is 19.5 Å². The lowest BCUT2D eigenvalue weighted by atomic mass is 9.37. The largest absolute Gasteiger partial charge is 0.444 e. The molecule has 0 heterocycles. The summed E-state index contributed by atoms with van der Waals surface area (Å²) in [7, 11) is 0. The highest BCUT2D eigenvalue weighted by atomic mass is 16.6. The van der Waals surface area contributed by atoms with Gasteiger partial charge in [-0.2, -0.15) is 0 Å². The van der Waals surface area contributed by atoms with E-state index in [-0.39, 0.29) is 45.5 Å². The third-order valence-electron chi connectivity index (χ3n) is 13.6. The van der Waals surface area contributed by atoms with Gasteiger partial charge in [0.15, 0.2) is 5.78 Å². The van der Waals surface area contributed by atoms with Crippen LogP contribution in [-0.4, -0.2) is 47.7 Å². The minimum absolute atomic E-state index is 0.00815. The molecule has 7 heteroatoms. The summed E-state index contributed by atoms with van der Waals surface area (Å²) in [5.41, 5.74) is 0.0532. The maximum Gasteiger partial charge on any atom is 0.407 e. The van der Waals surface area contributed by atoms with Gasteiger partial charge in [0.25, 0.3) is 0 Å². The number of alkyl carbamates (subject to hydrolysis) is 1. The Hall–Kier alpha value is -1.89. The first-order valence-corrected chi connectivity index (χ1v) is 17.5. The molecule has 7 nitrogen and oxygen atoms in total. The van der Waals surface area contributed by atoms with Crippen molar-refractivity contribution >= 4 is 17.8 Å². The lowest BCUT2D eigenvalue weighted by molar-refractivity contribution is -0.188. The number of carbonyl (C=O) groups excluding carboxylic acids is 3. The van der Waals surface area contributed by atoms with Crippen LogP contribution >= 0.6 is 0 Å². The fourth-order valence-electron chi connectivity index (χ4n) is 11.1. The number of carbonyl (C=O) groups is 3. The average molecular weight is 613 g/mol. The van der Waals surface area contributed by atoms with Crippen molar-refractivity contribution in [2.75, 3.05) is 13.1 Å². The molecule has 0 aliphatic heterocycles. The lowest BCUT2D eigenvalue weighted by Gasteiger charge is -2.67. The molecule has 0 spiro atoms. The fourth-order valence-corrected chi connectivity index (χ4v) is 11.1. The van der Waals surface area contributed by atoms with Crippen LogP contribution in [0, 0.1) is 50.7 Å². The molecule has 5 aliphatic rings. The van der Waals surface area contributed by atoms with E-state index in [1.807, 2.05) is 20.8 Å². The highest BCUT2D eigenvalue weighted by Crippen LogP contribution is 2.71. The molecule has 3 N–H and O–H groups in total. The molecule has 5 rings (SSSR count). The molecule has 9 atom stereocenters. The van der Waals surface area contributed by atoms with E-state index >= 15 is 0 Å². The molecule has 0 aromatic rings. The number of ether oxygens (including phenoxy) is 1. The van der Waals surface area contributed by atoms with Crippen LogP contribution in [0.3, 0.4) is 0 Å². The summed E-state index contributed by atoms with van der Waals surface area (Å²) >= 11 is 0. The monoisotopic (exact) mass is 612 g/mol. The van der Waals surface area contributed by atoms with Gasteiger partial charge in [0.1, 0.15) is 5.60 Å². The van der Waals surface area contributed by atoms with Crippen LogP contribution in [0.25, 0.3) is 0 Å². The maximum atomic E-state index is 14.4. The Morgan fingerprint density at radius 3 is 2.23 bits per heavy atom. The van der Waals surface area contributed by atoms with E-state index in [4.69, 9.17) is 4.74 Å². The summed E-state index contributed by atoms with van der Waals surface area (Å²) in [6.45, 7) is 20.2. The number of fused-ring (bicyclic) bond motifs is 7. The van der Waals surface area contributed by atoms with Gasteiger partial charge in [0, 0.05) is 24.4 Å². The normalized spacial score (nSPS) is 42.9. The number of aliphatic hydroxyl groups excluding tert-OH is 1. The smallest absolute Gasteiger partial charge is 0.407 e. The Morgan fingerprint density at radius 2 is 1.55 bits per heavy atom. The van der Waals surface area contributed by atoms with Gasteiger partial charge in [0.2, 0.25) is 5.91 Å². The molecule has 4 saturated carbocycles. The third-order valence-corrected chi connectivity index (χ3v) is 13.6. The molecule has 2 unspecified atom stereocenters. The predicted molar refractivity (Wildman–Crippen MR) is 173 cm³/mol. The van der Waals surface area contributed by atoms with Crippen LogP contribution in [-0.2, 0) is 14.3 Å². The molecule has 0 aromatic heterocycles. The Balaban J connectivity index is 1.31. The van der Waals surface area contributed by atoms with Gasteiger partial charge in [-0.25, -0.2) is 4.79 Å². The standard InChI is InChI=1S/C37H60N2O5/c1-32(2,3)44-31(43)39-20-10-19-38-30(42)35(7)18-17-34(6)14-11-24-23(25(34)22-35)21-26(40)29-36(24,8)15-12-27-33(4,5)28(41)13-16-37(27,29)9/h21,24-25,27-29,41H,10-20,22H2,1-9H3,(H,38,42)(H,39,43)/t24?,25-,27-,28?,29-,34-,35-,36-,37-/m0/s1. The van der Waals surface area contributed by atoms with Gasteiger partial charge in [0.05, 0.1) is 6.10 Å². The summed E-state index contributed by atoms with van der Waals surface area (Å²) in [5, 5.41) is 16.9. The van der Waals surface area contributed by atoms with Crippen molar-refractivity contribution in [2.24, 2.45) is 50.7 Å². The van der Waals surface area contributed by atoms with E-state index in [0.717, 1.165) is 57.8 Å². The predicted octanol–water partition coefficient (Wildman–Crippen LogP) is 6.97. The molecular weight excluding hydrogens is 552 g/mol. The molecule has 0 bridgehead atoms. The number of hydrogen-bond acceptors (Lipinski definition) is 5. The summed E-state index contributed by atoms with van der Waals surface area (Å²) in [5.74, 6) is 1.33. The van der Waals surface area contributed by atoms with Crippen molar-refractivity contribution in [3.63, 3.8) is 0 Å². The van der Waals surface area contributed by atoms with Crippen LogP contribution < -0.4 is 10.6 Å². The maximum absolute atomic E-state index is 14.4. The van der Waals surface area contributed by atoms with E-state index in [1.54, 1.807) is 0 Å². The zero-order chi connectivity index (χ0) is 32.5. The van der Waals surface area contributed by atoms with Gasteiger partial charge in [-0.1, -0.05) is 47.1 Å². The molecule has 248 valence electrons. The highest BCUT2D eigenvalue weighted by Gasteiger charge is 2.67. The molecule has 0 saturated heterocycles. The Labute approximate surface area is 266 Å². The van der Waals surface area contributed by atoms with E-state index in [0.29, 0.717) is 37.1 Å².